The largest absolute Gasteiger partial charge is 0.476 e. The molecule has 2 N–H and O–H groups in total. The Labute approximate surface area is 90.3 Å². The number of hydrogen-bond donors (Lipinski definition) is 2. The number of benzene rings is 1. The Morgan fingerprint density at radius 2 is 2.21 bits per heavy atom. The van der Waals surface area contributed by atoms with E-state index >= 15 is 0 Å². The van der Waals surface area contributed by atoms with Crippen LogP contribution in [0.2, 0.25) is 5.02 Å². The van der Waals surface area contributed by atoms with E-state index in [9.17, 15) is 4.79 Å². The SMILES string of the molecule is Cl.O=C(O)c1n[nH]c2ccc(Cl)cc12. The molecular weight excluding hydrogens is 227 g/mol. The summed E-state index contributed by atoms with van der Waals surface area (Å²) in [6.07, 6.45) is 0. The molecule has 0 saturated carbocycles. The smallest absolute Gasteiger partial charge is 0.357 e. The van der Waals surface area contributed by atoms with Gasteiger partial charge in [-0.25, -0.2) is 4.79 Å². The van der Waals surface area contributed by atoms with Crippen LogP contribution in [0.25, 0.3) is 10.9 Å². The van der Waals surface area contributed by atoms with Gasteiger partial charge in [0.15, 0.2) is 5.69 Å². The Bertz CT molecular complexity index is 481. The molecule has 0 aliphatic carbocycles. The highest BCUT2D eigenvalue weighted by atomic mass is 35.5. The second-order valence-electron chi connectivity index (χ2n) is 2.57. The number of carboxylic acids is 1. The zero-order valence-electron chi connectivity index (χ0n) is 6.82. The lowest BCUT2D eigenvalue weighted by atomic mass is 10.2. The van der Waals surface area contributed by atoms with E-state index in [-0.39, 0.29) is 18.1 Å². The molecule has 1 aromatic carbocycles. The molecule has 0 amide bonds. The Morgan fingerprint density at radius 1 is 1.50 bits per heavy atom. The van der Waals surface area contributed by atoms with Gasteiger partial charge in [-0.1, -0.05) is 11.6 Å². The zero-order chi connectivity index (χ0) is 9.42. The minimum atomic E-state index is -1.06. The van der Waals surface area contributed by atoms with E-state index in [4.69, 9.17) is 16.7 Å². The van der Waals surface area contributed by atoms with Gasteiger partial charge in [0.25, 0.3) is 0 Å². The van der Waals surface area contributed by atoms with Crippen LogP contribution in [-0.2, 0) is 0 Å². The summed E-state index contributed by atoms with van der Waals surface area (Å²) in [6.45, 7) is 0. The molecule has 0 saturated heterocycles. The van der Waals surface area contributed by atoms with Gasteiger partial charge in [0.1, 0.15) is 0 Å². The van der Waals surface area contributed by atoms with Crippen LogP contribution in [-0.4, -0.2) is 21.3 Å². The summed E-state index contributed by atoms with van der Waals surface area (Å²) >= 11 is 5.72. The highest BCUT2D eigenvalue weighted by Gasteiger charge is 2.12. The number of nitrogens with zero attached hydrogens (tertiary/aromatic N) is 1. The van der Waals surface area contributed by atoms with E-state index < -0.39 is 5.97 Å². The number of H-pyrrole nitrogens is 1. The second kappa shape index (κ2) is 3.86. The maximum Gasteiger partial charge on any atom is 0.357 e. The standard InChI is InChI=1S/C8H5ClN2O2.ClH/c9-4-1-2-6-5(3-4)7(8(12)13)11-10-6;/h1-3H,(H,10,11)(H,12,13);1H. The van der Waals surface area contributed by atoms with Gasteiger partial charge in [0.2, 0.25) is 0 Å². The lowest BCUT2D eigenvalue weighted by Crippen LogP contribution is -1.96. The van der Waals surface area contributed by atoms with Crippen molar-refractivity contribution in [3.05, 3.63) is 28.9 Å². The minimum absolute atomic E-state index is 0. The first-order chi connectivity index (χ1) is 6.18. The molecule has 0 unspecified atom stereocenters. The van der Waals surface area contributed by atoms with Crippen LogP contribution < -0.4 is 0 Å². The van der Waals surface area contributed by atoms with Gasteiger partial charge in [-0.3, -0.25) is 5.10 Å². The van der Waals surface area contributed by atoms with Crippen LogP contribution in [0.4, 0.5) is 0 Å². The van der Waals surface area contributed by atoms with Crippen LogP contribution in [0.3, 0.4) is 0 Å². The molecule has 0 bridgehead atoms. The lowest BCUT2D eigenvalue weighted by Gasteiger charge is -1.90. The Hall–Kier alpha value is -1.26. The second-order valence-corrected chi connectivity index (χ2v) is 3.00. The lowest BCUT2D eigenvalue weighted by molar-refractivity contribution is 0.0692. The fourth-order valence-electron chi connectivity index (χ4n) is 1.15. The topological polar surface area (TPSA) is 66.0 Å². The van der Waals surface area contributed by atoms with Gasteiger partial charge in [-0.2, -0.15) is 5.10 Å². The van der Waals surface area contributed by atoms with E-state index in [0.717, 1.165) is 0 Å². The first-order valence-corrected chi connectivity index (χ1v) is 3.93. The molecular formula is C8H6Cl2N2O2. The molecule has 4 nitrogen and oxygen atoms in total. The highest BCUT2D eigenvalue weighted by Crippen LogP contribution is 2.20. The third-order valence-corrected chi connectivity index (χ3v) is 1.96. The van der Waals surface area contributed by atoms with Crippen LogP contribution in [0.5, 0.6) is 0 Å². The number of halogens is 2. The van der Waals surface area contributed by atoms with Crippen molar-refractivity contribution in [1.29, 1.82) is 0 Å². The average molecular weight is 233 g/mol. The predicted molar refractivity (Wildman–Crippen MR) is 55.3 cm³/mol. The quantitative estimate of drug-likeness (QED) is 0.794. The summed E-state index contributed by atoms with van der Waals surface area (Å²) in [5, 5.41) is 16.0. The molecule has 0 spiro atoms. The van der Waals surface area contributed by atoms with Gasteiger partial charge in [0, 0.05) is 10.4 Å². The maximum absolute atomic E-state index is 10.7. The number of carboxylic acid groups (broad SMARTS) is 1. The van der Waals surface area contributed by atoms with Crippen molar-refractivity contribution in [2.45, 2.75) is 0 Å². The van der Waals surface area contributed by atoms with Crippen molar-refractivity contribution in [3.8, 4) is 0 Å². The van der Waals surface area contributed by atoms with Crippen molar-refractivity contribution < 1.29 is 9.90 Å². The Morgan fingerprint density at radius 3 is 2.86 bits per heavy atom. The van der Waals surface area contributed by atoms with Crippen LogP contribution >= 0.6 is 24.0 Å². The van der Waals surface area contributed by atoms with Crippen molar-refractivity contribution in [1.82, 2.24) is 10.2 Å². The summed E-state index contributed by atoms with van der Waals surface area (Å²) in [7, 11) is 0. The van der Waals surface area contributed by atoms with Gasteiger partial charge >= 0.3 is 5.97 Å². The molecule has 0 aliphatic heterocycles. The number of aromatic nitrogens is 2. The summed E-state index contributed by atoms with van der Waals surface area (Å²) in [6, 6.07) is 4.94. The normalized spacial score (nSPS) is 9.79. The van der Waals surface area contributed by atoms with E-state index in [1.54, 1.807) is 18.2 Å². The molecule has 0 radical (unpaired) electrons. The minimum Gasteiger partial charge on any atom is -0.476 e. The van der Waals surface area contributed by atoms with Gasteiger partial charge < -0.3 is 5.11 Å². The van der Waals surface area contributed by atoms with E-state index in [1.807, 2.05) is 0 Å². The van der Waals surface area contributed by atoms with Gasteiger partial charge in [-0.05, 0) is 18.2 Å². The predicted octanol–water partition coefficient (Wildman–Crippen LogP) is 2.34. The molecule has 1 aromatic heterocycles. The van der Waals surface area contributed by atoms with Crippen LogP contribution in [0.1, 0.15) is 10.5 Å². The fourth-order valence-corrected chi connectivity index (χ4v) is 1.32. The summed E-state index contributed by atoms with van der Waals surface area (Å²) in [4.78, 5) is 10.7. The molecule has 2 aromatic rings. The van der Waals surface area contributed by atoms with Gasteiger partial charge in [-0.15, -0.1) is 12.4 Å². The zero-order valence-corrected chi connectivity index (χ0v) is 8.39. The number of hydrogen-bond acceptors (Lipinski definition) is 2. The molecule has 14 heavy (non-hydrogen) atoms. The fraction of sp³-hybridized carbons (Fsp3) is 0. The van der Waals surface area contributed by atoms with Gasteiger partial charge in [0.05, 0.1) is 5.52 Å². The van der Waals surface area contributed by atoms with Crippen molar-refractivity contribution in [2.75, 3.05) is 0 Å². The summed E-state index contributed by atoms with van der Waals surface area (Å²) < 4.78 is 0. The number of carbonyl (C=O) groups is 1. The van der Waals surface area contributed by atoms with Crippen molar-refractivity contribution >= 4 is 40.9 Å². The molecule has 74 valence electrons. The monoisotopic (exact) mass is 232 g/mol. The number of rotatable bonds is 1. The first-order valence-electron chi connectivity index (χ1n) is 3.55. The molecule has 0 fully saturated rings. The molecule has 2 rings (SSSR count). The highest BCUT2D eigenvalue weighted by molar-refractivity contribution is 6.31. The number of fused-ring (bicyclic) bond motifs is 1. The first kappa shape index (κ1) is 10.8. The average Bonchev–Trinajstić information content (AvgIpc) is 2.46. The third kappa shape index (κ3) is 1.66. The third-order valence-electron chi connectivity index (χ3n) is 1.73. The molecule has 1 heterocycles. The van der Waals surface area contributed by atoms with Crippen molar-refractivity contribution in [2.24, 2.45) is 0 Å². The van der Waals surface area contributed by atoms with Crippen LogP contribution in [0, 0.1) is 0 Å². The van der Waals surface area contributed by atoms with E-state index in [1.165, 1.54) is 0 Å². The maximum atomic E-state index is 10.7. The Balaban J connectivity index is 0.000000980. The number of aromatic carboxylic acids is 1. The molecule has 6 heteroatoms. The summed E-state index contributed by atoms with van der Waals surface area (Å²) in [5.41, 5.74) is 0.666. The molecule has 0 aliphatic rings. The number of aromatic amines is 1. The Kier molecular flexibility index (Phi) is 2.98. The van der Waals surface area contributed by atoms with Crippen LogP contribution in [0.15, 0.2) is 18.2 Å². The summed E-state index contributed by atoms with van der Waals surface area (Å²) in [5.74, 6) is -1.06. The molecule has 0 atom stereocenters. The van der Waals surface area contributed by atoms with Crippen molar-refractivity contribution in [3.63, 3.8) is 0 Å². The van der Waals surface area contributed by atoms with E-state index in [0.29, 0.717) is 15.9 Å². The number of nitrogens with one attached hydrogen (secondary N) is 1. The van der Waals surface area contributed by atoms with E-state index in [2.05, 4.69) is 10.2 Å².